The van der Waals surface area contributed by atoms with Gasteiger partial charge in [0.15, 0.2) is 0 Å². The van der Waals surface area contributed by atoms with Crippen molar-refractivity contribution >= 4 is 11.6 Å². The third-order valence-electron chi connectivity index (χ3n) is 2.61. The SMILES string of the molecule is CN(Cc1ccoc1)C(=O)Cc1ccc(N)cn1. The second kappa shape index (κ2) is 5.35. The molecule has 5 heteroatoms. The highest BCUT2D eigenvalue weighted by Gasteiger charge is 2.11. The van der Waals surface area contributed by atoms with Gasteiger partial charge in [-0.3, -0.25) is 9.78 Å². The van der Waals surface area contributed by atoms with Gasteiger partial charge in [-0.1, -0.05) is 0 Å². The Morgan fingerprint density at radius 3 is 2.89 bits per heavy atom. The van der Waals surface area contributed by atoms with Crippen LogP contribution in [0.25, 0.3) is 0 Å². The molecule has 0 aliphatic carbocycles. The monoisotopic (exact) mass is 245 g/mol. The van der Waals surface area contributed by atoms with Crippen molar-refractivity contribution in [1.29, 1.82) is 0 Å². The van der Waals surface area contributed by atoms with E-state index in [1.807, 2.05) is 6.07 Å². The zero-order chi connectivity index (χ0) is 13.0. The van der Waals surface area contributed by atoms with E-state index >= 15 is 0 Å². The molecule has 0 aliphatic heterocycles. The van der Waals surface area contributed by atoms with Gasteiger partial charge in [-0.25, -0.2) is 0 Å². The van der Waals surface area contributed by atoms with E-state index in [9.17, 15) is 4.79 Å². The van der Waals surface area contributed by atoms with Gasteiger partial charge >= 0.3 is 0 Å². The maximum Gasteiger partial charge on any atom is 0.228 e. The molecular weight excluding hydrogens is 230 g/mol. The van der Waals surface area contributed by atoms with Gasteiger partial charge in [-0.2, -0.15) is 0 Å². The number of nitrogens with two attached hydrogens (primary N) is 1. The summed E-state index contributed by atoms with van der Waals surface area (Å²) >= 11 is 0. The number of nitrogen functional groups attached to an aromatic ring is 1. The van der Waals surface area contributed by atoms with E-state index in [1.165, 1.54) is 0 Å². The minimum Gasteiger partial charge on any atom is -0.472 e. The van der Waals surface area contributed by atoms with E-state index in [2.05, 4.69) is 4.98 Å². The van der Waals surface area contributed by atoms with Crippen LogP contribution in [0.5, 0.6) is 0 Å². The molecule has 0 radical (unpaired) electrons. The van der Waals surface area contributed by atoms with Crippen molar-refractivity contribution in [3.63, 3.8) is 0 Å². The van der Waals surface area contributed by atoms with E-state index in [4.69, 9.17) is 10.2 Å². The first-order valence-electron chi connectivity index (χ1n) is 5.60. The average Bonchev–Trinajstić information content (AvgIpc) is 2.85. The topological polar surface area (TPSA) is 72.4 Å². The second-order valence-electron chi connectivity index (χ2n) is 4.14. The molecule has 0 aromatic carbocycles. The molecule has 0 aliphatic rings. The lowest BCUT2D eigenvalue weighted by Crippen LogP contribution is -2.27. The molecule has 2 N–H and O–H groups in total. The minimum absolute atomic E-state index is 0.00784. The van der Waals surface area contributed by atoms with Crippen LogP contribution in [0.2, 0.25) is 0 Å². The van der Waals surface area contributed by atoms with Crippen LogP contribution in [-0.2, 0) is 17.8 Å². The van der Waals surface area contributed by atoms with Gasteiger partial charge in [0.2, 0.25) is 5.91 Å². The summed E-state index contributed by atoms with van der Waals surface area (Å²) in [5.41, 5.74) is 7.82. The van der Waals surface area contributed by atoms with Gasteiger partial charge in [0.05, 0.1) is 30.8 Å². The van der Waals surface area contributed by atoms with Crippen molar-refractivity contribution in [1.82, 2.24) is 9.88 Å². The van der Waals surface area contributed by atoms with Crippen LogP contribution in [0.1, 0.15) is 11.3 Å². The molecule has 0 unspecified atom stereocenters. The van der Waals surface area contributed by atoms with E-state index in [0.29, 0.717) is 17.9 Å². The average molecular weight is 245 g/mol. The summed E-state index contributed by atoms with van der Waals surface area (Å²) in [4.78, 5) is 17.7. The standard InChI is InChI=1S/C13H15N3O2/c1-16(8-10-4-5-18-9-10)13(17)6-12-3-2-11(14)7-15-12/h2-5,7,9H,6,8,14H2,1H3. The number of rotatable bonds is 4. The van der Waals surface area contributed by atoms with Crippen molar-refractivity contribution in [3.05, 3.63) is 48.2 Å². The van der Waals surface area contributed by atoms with Crippen molar-refractivity contribution in [2.75, 3.05) is 12.8 Å². The van der Waals surface area contributed by atoms with Crippen LogP contribution in [-0.4, -0.2) is 22.8 Å². The highest BCUT2D eigenvalue weighted by molar-refractivity contribution is 5.78. The largest absolute Gasteiger partial charge is 0.472 e. The van der Waals surface area contributed by atoms with Gasteiger partial charge in [0.1, 0.15) is 0 Å². The number of pyridine rings is 1. The van der Waals surface area contributed by atoms with Crippen molar-refractivity contribution in [2.45, 2.75) is 13.0 Å². The second-order valence-corrected chi connectivity index (χ2v) is 4.14. The van der Waals surface area contributed by atoms with E-state index in [1.54, 1.807) is 42.8 Å². The summed E-state index contributed by atoms with van der Waals surface area (Å²) in [6.45, 7) is 0.532. The van der Waals surface area contributed by atoms with E-state index in [-0.39, 0.29) is 12.3 Å². The first-order chi connectivity index (χ1) is 8.65. The Bertz CT molecular complexity index is 506. The molecule has 2 aromatic heterocycles. The third-order valence-corrected chi connectivity index (χ3v) is 2.61. The first kappa shape index (κ1) is 12.2. The third kappa shape index (κ3) is 3.10. The minimum atomic E-state index is 0.00784. The Kier molecular flexibility index (Phi) is 3.62. The van der Waals surface area contributed by atoms with Crippen LogP contribution >= 0.6 is 0 Å². The summed E-state index contributed by atoms with van der Waals surface area (Å²) in [5, 5.41) is 0. The van der Waals surface area contributed by atoms with E-state index in [0.717, 1.165) is 5.56 Å². The van der Waals surface area contributed by atoms with Gasteiger partial charge in [-0.15, -0.1) is 0 Å². The summed E-state index contributed by atoms with van der Waals surface area (Å²) in [7, 11) is 1.76. The normalized spacial score (nSPS) is 10.3. The van der Waals surface area contributed by atoms with Crippen molar-refractivity contribution in [2.24, 2.45) is 0 Å². The molecule has 5 nitrogen and oxygen atoms in total. The zero-order valence-electron chi connectivity index (χ0n) is 10.2. The zero-order valence-corrected chi connectivity index (χ0v) is 10.2. The number of nitrogens with zero attached hydrogens (tertiary/aromatic N) is 2. The Labute approximate surface area is 105 Å². The Balaban J connectivity index is 1.93. The first-order valence-corrected chi connectivity index (χ1v) is 5.60. The Morgan fingerprint density at radius 1 is 1.44 bits per heavy atom. The molecule has 0 atom stereocenters. The van der Waals surface area contributed by atoms with Gasteiger partial charge in [-0.05, 0) is 18.2 Å². The predicted molar refractivity (Wildman–Crippen MR) is 67.5 cm³/mol. The molecule has 0 bridgehead atoms. The maximum absolute atomic E-state index is 11.9. The van der Waals surface area contributed by atoms with Crippen LogP contribution in [0.3, 0.4) is 0 Å². The summed E-state index contributed by atoms with van der Waals surface area (Å²) < 4.78 is 4.96. The number of likely N-dealkylation sites (N-methyl/N-ethyl adjacent to an activating group) is 1. The van der Waals surface area contributed by atoms with Crippen LogP contribution in [0.4, 0.5) is 5.69 Å². The summed E-state index contributed by atoms with van der Waals surface area (Å²) in [6, 6.07) is 5.34. The fourth-order valence-electron chi connectivity index (χ4n) is 1.58. The molecule has 2 heterocycles. The molecule has 0 saturated carbocycles. The number of carbonyl (C=O) groups is 1. The number of carbonyl (C=O) groups excluding carboxylic acids is 1. The molecule has 1 amide bonds. The lowest BCUT2D eigenvalue weighted by molar-refractivity contribution is -0.129. The van der Waals surface area contributed by atoms with Crippen molar-refractivity contribution < 1.29 is 9.21 Å². The fraction of sp³-hybridized carbons (Fsp3) is 0.231. The van der Waals surface area contributed by atoms with Gasteiger partial charge in [0, 0.05) is 24.8 Å². The Morgan fingerprint density at radius 2 is 2.28 bits per heavy atom. The molecule has 2 aromatic rings. The molecule has 0 fully saturated rings. The lowest BCUT2D eigenvalue weighted by Gasteiger charge is -2.15. The molecule has 94 valence electrons. The number of hydrogen-bond donors (Lipinski definition) is 1. The van der Waals surface area contributed by atoms with Crippen LogP contribution in [0, 0.1) is 0 Å². The number of hydrogen-bond acceptors (Lipinski definition) is 4. The smallest absolute Gasteiger partial charge is 0.228 e. The quantitative estimate of drug-likeness (QED) is 0.885. The van der Waals surface area contributed by atoms with Gasteiger partial charge in [0.25, 0.3) is 0 Å². The van der Waals surface area contributed by atoms with Crippen molar-refractivity contribution in [3.8, 4) is 0 Å². The molecule has 0 spiro atoms. The lowest BCUT2D eigenvalue weighted by atomic mass is 10.2. The fourth-order valence-corrected chi connectivity index (χ4v) is 1.58. The molecule has 18 heavy (non-hydrogen) atoms. The maximum atomic E-state index is 11.9. The van der Waals surface area contributed by atoms with E-state index < -0.39 is 0 Å². The Hall–Kier alpha value is -2.30. The predicted octanol–water partition coefficient (Wildman–Crippen LogP) is 1.46. The highest BCUT2D eigenvalue weighted by Crippen LogP contribution is 2.07. The molecule has 2 rings (SSSR count). The highest BCUT2D eigenvalue weighted by atomic mass is 16.3. The molecule has 0 saturated heterocycles. The number of aromatic nitrogens is 1. The molecular formula is C13H15N3O2. The van der Waals surface area contributed by atoms with Crippen LogP contribution in [0.15, 0.2) is 41.3 Å². The summed E-state index contributed by atoms with van der Waals surface area (Å²) in [5.74, 6) is 0.00784. The number of anilines is 1. The van der Waals surface area contributed by atoms with Gasteiger partial charge < -0.3 is 15.1 Å². The number of amides is 1. The van der Waals surface area contributed by atoms with Crippen LogP contribution < -0.4 is 5.73 Å². The summed E-state index contributed by atoms with van der Waals surface area (Å²) in [6.07, 6.45) is 5.05. The number of furan rings is 1.